The third-order valence-electron chi connectivity index (χ3n) is 3.59. The van der Waals surface area contributed by atoms with Crippen molar-refractivity contribution in [2.24, 2.45) is 0 Å². The molecule has 0 atom stereocenters. The van der Waals surface area contributed by atoms with Crippen molar-refractivity contribution in [3.05, 3.63) is 57.6 Å². The van der Waals surface area contributed by atoms with Gasteiger partial charge in [0.2, 0.25) is 15.9 Å². The Bertz CT molecular complexity index is 1210. The SMILES string of the molecule is CC(C)(C)NS(=O)(=O)c1ccc(Sc2nnc(-c3ccccc3Cl)o2)c([N+](=O)[O-])c1. The van der Waals surface area contributed by atoms with Crippen molar-refractivity contribution in [1.29, 1.82) is 0 Å². The maximum Gasteiger partial charge on any atom is 0.284 e. The van der Waals surface area contributed by atoms with E-state index in [-0.39, 0.29) is 20.9 Å². The molecule has 0 saturated heterocycles. The summed E-state index contributed by atoms with van der Waals surface area (Å²) in [5.74, 6) is 0.166. The van der Waals surface area contributed by atoms with E-state index >= 15 is 0 Å². The number of sulfonamides is 1. The van der Waals surface area contributed by atoms with Crippen LogP contribution in [0.2, 0.25) is 5.02 Å². The minimum Gasteiger partial charge on any atom is -0.411 e. The summed E-state index contributed by atoms with van der Waals surface area (Å²) < 4.78 is 33.0. The molecular formula is C18H17ClN4O5S2. The molecule has 0 aliphatic heterocycles. The molecule has 1 N–H and O–H groups in total. The highest BCUT2D eigenvalue weighted by Crippen LogP contribution is 2.37. The molecule has 9 nitrogen and oxygen atoms in total. The van der Waals surface area contributed by atoms with Crippen LogP contribution >= 0.6 is 23.4 Å². The Morgan fingerprint density at radius 1 is 1.17 bits per heavy atom. The number of hydrogen-bond donors (Lipinski definition) is 1. The first kappa shape index (κ1) is 22.2. The lowest BCUT2D eigenvalue weighted by Crippen LogP contribution is -2.40. The van der Waals surface area contributed by atoms with Crippen molar-refractivity contribution in [2.45, 2.75) is 41.3 Å². The normalized spacial score (nSPS) is 12.1. The number of nitrogens with zero attached hydrogens (tertiary/aromatic N) is 3. The number of nitro benzene ring substituents is 1. The molecule has 1 aromatic heterocycles. The summed E-state index contributed by atoms with van der Waals surface area (Å²) in [7, 11) is -3.93. The highest BCUT2D eigenvalue weighted by Gasteiger charge is 2.26. The zero-order valence-electron chi connectivity index (χ0n) is 16.1. The highest BCUT2D eigenvalue weighted by atomic mass is 35.5. The number of aromatic nitrogens is 2. The number of rotatable bonds is 6. The fourth-order valence-electron chi connectivity index (χ4n) is 2.44. The van der Waals surface area contributed by atoms with E-state index in [1.807, 2.05) is 0 Å². The summed E-state index contributed by atoms with van der Waals surface area (Å²) in [5.41, 5.74) is -0.600. The Hall–Kier alpha value is -2.47. The molecule has 0 aliphatic rings. The summed E-state index contributed by atoms with van der Waals surface area (Å²) in [6, 6.07) is 10.5. The van der Waals surface area contributed by atoms with Crippen molar-refractivity contribution in [3.8, 4) is 11.5 Å². The van der Waals surface area contributed by atoms with Gasteiger partial charge in [0, 0.05) is 11.6 Å². The summed E-state index contributed by atoms with van der Waals surface area (Å²) in [6.07, 6.45) is 0. The molecule has 0 saturated carbocycles. The van der Waals surface area contributed by atoms with Crippen LogP contribution in [0, 0.1) is 10.1 Å². The van der Waals surface area contributed by atoms with Gasteiger partial charge in [0.25, 0.3) is 10.9 Å². The zero-order chi connectivity index (χ0) is 22.1. The highest BCUT2D eigenvalue weighted by molar-refractivity contribution is 7.99. The second-order valence-electron chi connectivity index (χ2n) is 7.20. The molecule has 3 rings (SSSR count). The van der Waals surface area contributed by atoms with Crippen molar-refractivity contribution in [3.63, 3.8) is 0 Å². The summed E-state index contributed by atoms with van der Waals surface area (Å²) in [4.78, 5) is 10.8. The van der Waals surface area contributed by atoms with Gasteiger partial charge in [-0.25, -0.2) is 13.1 Å². The van der Waals surface area contributed by atoms with Gasteiger partial charge in [-0.3, -0.25) is 10.1 Å². The van der Waals surface area contributed by atoms with Crippen molar-refractivity contribution in [2.75, 3.05) is 0 Å². The second kappa shape index (κ2) is 8.34. The van der Waals surface area contributed by atoms with E-state index in [1.165, 1.54) is 12.1 Å². The maximum absolute atomic E-state index is 12.5. The number of benzene rings is 2. The number of nitrogens with one attached hydrogen (secondary N) is 1. The van der Waals surface area contributed by atoms with Crippen molar-refractivity contribution < 1.29 is 17.8 Å². The molecule has 0 spiro atoms. The molecule has 0 fully saturated rings. The van der Waals surface area contributed by atoms with Crippen LogP contribution in [-0.4, -0.2) is 29.1 Å². The first-order valence-electron chi connectivity index (χ1n) is 8.55. The van der Waals surface area contributed by atoms with E-state index < -0.39 is 26.2 Å². The molecule has 2 aromatic carbocycles. The average molecular weight is 469 g/mol. The van der Waals surface area contributed by atoms with Crippen LogP contribution in [0.25, 0.3) is 11.5 Å². The first-order chi connectivity index (χ1) is 14.0. The van der Waals surface area contributed by atoms with Gasteiger partial charge in [-0.1, -0.05) is 23.7 Å². The van der Waals surface area contributed by atoms with Gasteiger partial charge >= 0.3 is 0 Å². The molecule has 0 amide bonds. The minimum atomic E-state index is -3.93. The fraction of sp³-hybridized carbons (Fsp3) is 0.222. The van der Waals surface area contributed by atoms with Crippen LogP contribution in [0.5, 0.6) is 0 Å². The maximum atomic E-state index is 12.5. The Labute approximate surface area is 182 Å². The summed E-state index contributed by atoms with van der Waals surface area (Å²) in [6.45, 7) is 5.03. The Morgan fingerprint density at radius 2 is 1.87 bits per heavy atom. The van der Waals surface area contributed by atoms with Gasteiger partial charge in [-0.2, -0.15) is 0 Å². The van der Waals surface area contributed by atoms with Gasteiger partial charge in [0.05, 0.1) is 25.3 Å². The molecule has 12 heteroatoms. The predicted molar refractivity (Wildman–Crippen MR) is 112 cm³/mol. The molecule has 3 aromatic rings. The third kappa shape index (κ3) is 5.17. The van der Waals surface area contributed by atoms with Gasteiger partial charge in [0.1, 0.15) is 0 Å². The summed E-state index contributed by atoms with van der Waals surface area (Å²) >= 11 is 6.97. The Kier molecular flexibility index (Phi) is 6.18. The van der Waals surface area contributed by atoms with Gasteiger partial charge in [0.15, 0.2) is 0 Å². The Morgan fingerprint density at radius 3 is 2.50 bits per heavy atom. The molecule has 30 heavy (non-hydrogen) atoms. The molecule has 158 valence electrons. The summed E-state index contributed by atoms with van der Waals surface area (Å²) in [5, 5.41) is 19.8. The van der Waals surface area contributed by atoms with Crippen LogP contribution in [0.4, 0.5) is 5.69 Å². The monoisotopic (exact) mass is 468 g/mol. The van der Waals surface area contributed by atoms with E-state index in [0.717, 1.165) is 17.8 Å². The standard InChI is InChI=1S/C18H17ClN4O5S2/c1-18(2,3)22-30(26,27)11-8-9-15(14(10-11)23(24)25)29-17-21-20-16(28-17)12-6-4-5-7-13(12)19/h4-10,22H,1-3H3. The second-order valence-corrected chi connectivity index (χ2v) is 10.3. The van der Waals surface area contributed by atoms with Crippen molar-refractivity contribution >= 4 is 39.1 Å². The zero-order valence-corrected chi connectivity index (χ0v) is 18.5. The number of nitro groups is 1. The van der Waals surface area contributed by atoms with E-state index in [1.54, 1.807) is 45.0 Å². The lowest BCUT2D eigenvalue weighted by Gasteiger charge is -2.20. The number of halogens is 1. The minimum absolute atomic E-state index is 0.0523. The van der Waals surface area contributed by atoms with Gasteiger partial charge in [-0.15, -0.1) is 10.2 Å². The van der Waals surface area contributed by atoms with Crippen LogP contribution in [0.1, 0.15) is 20.8 Å². The lowest BCUT2D eigenvalue weighted by atomic mass is 10.1. The van der Waals surface area contributed by atoms with Crippen LogP contribution in [0.3, 0.4) is 0 Å². The lowest BCUT2D eigenvalue weighted by molar-refractivity contribution is -0.388. The van der Waals surface area contributed by atoms with Crippen LogP contribution < -0.4 is 4.72 Å². The van der Waals surface area contributed by atoms with Crippen molar-refractivity contribution in [1.82, 2.24) is 14.9 Å². The van der Waals surface area contributed by atoms with Gasteiger partial charge in [-0.05, 0) is 56.8 Å². The molecule has 1 heterocycles. The average Bonchev–Trinajstić information content (AvgIpc) is 3.08. The molecule has 0 aliphatic carbocycles. The first-order valence-corrected chi connectivity index (χ1v) is 11.2. The van der Waals surface area contributed by atoms with Crippen LogP contribution in [-0.2, 0) is 10.0 Å². The van der Waals surface area contributed by atoms with Crippen LogP contribution in [0.15, 0.2) is 61.9 Å². The third-order valence-corrected chi connectivity index (χ3v) is 6.58. The molecule has 0 unspecified atom stereocenters. The molecule has 0 bridgehead atoms. The number of hydrogen-bond acceptors (Lipinski definition) is 8. The van der Waals surface area contributed by atoms with E-state index in [0.29, 0.717) is 10.6 Å². The predicted octanol–water partition coefficient (Wildman–Crippen LogP) is 4.53. The molecule has 0 radical (unpaired) electrons. The fourth-order valence-corrected chi connectivity index (χ4v) is 4.86. The largest absolute Gasteiger partial charge is 0.411 e. The van der Waals surface area contributed by atoms with Gasteiger partial charge < -0.3 is 4.42 Å². The van der Waals surface area contributed by atoms with E-state index in [9.17, 15) is 18.5 Å². The quantitative estimate of drug-likeness (QED) is 0.412. The smallest absolute Gasteiger partial charge is 0.284 e. The Balaban J connectivity index is 1.92. The van der Waals surface area contributed by atoms with E-state index in [4.69, 9.17) is 16.0 Å². The topological polar surface area (TPSA) is 128 Å². The molecular weight excluding hydrogens is 452 g/mol. The van der Waals surface area contributed by atoms with E-state index in [2.05, 4.69) is 14.9 Å².